The van der Waals surface area contributed by atoms with Crippen LogP contribution in [-0.2, 0) is 15.1 Å². The van der Waals surface area contributed by atoms with Gasteiger partial charge >= 0.3 is 0 Å². The molecule has 11 heteroatoms. The standard InChI is InChI=1S/C25H22ClN7O3/c26-7-21(34)33(19-3-1-17(2-4-19)20-10-30-16-36-20)22(18-8-28-14-29-9-18)23(35)31-24-11-25(12-24,13-24)32-6-5-27-15-32/h1-6,8-10,14-16,22H,7,11-13H2,(H,31,35). The van der Waals surface area contributed by atoms with Gasteiger partial charge in [0.15, 0.2) is 12.2 Å². The number of carbonyl (C=O) groups is 2. The van der Waals surface area contributed by atoms with Crippen LogP contribution in [0.25, 0.3) is 11.3 Å². The Hall–Kier alpha value is -4.05. The van der Waals surface area contributed by atoms with Crippen LogP contribution < -0.4 is 10.2 Å². The molecule has 1 N–H and O–H groups in total. The number of hydrogen-bond donors (Lipinski definition) is 1. The van der Waals surface area contributed by atoms with Crippen molar-refractivity contribution in [3.8, 4) is 11.3 Å². The van der Waals surface area contributed by atoms with Gasteiger partial charge in [-0.15, -0.1) is 11.6 Å². The smallest absolute Gasteiger partial charge is 0.248 e. The molecule has 10 nitrogen and oxygen atoms in total. The topological polar surface area (TPSA) is 119 Å². The van der Waals surface area contributed by atoms with E-state index in [1.807, 2.05) is 12.5 Å². The summed E-state index contributed by atoms with van der Waals surface area (Å²) < 4.78 is 7.47. The summed E-state index contributed by atoms with van der Waals surface area (Å²) >= 11 is 6.01. The van der Waals surface area contributed by atoms with Crippen molar-refractivity contribution in [3.05, 3.63) is 79.9 Å². The molecule has 0 aliphatic heterocycles. The Morgan fingerprint density at radius 2 is 1.83 bits per heavy atom. The lowest BCUT2D eigenvalue weighted by Gasteiger charge is -2.70. The molecule has 1 atom stereocenters. The third-order valence-corrected chi connectivity index (χ3v) is 7.32. The van der Waals surface area contributed by atoms with Crippen LogP contribution in [0.5, 0.6) is 0 Å². The molecule has 3 aliphatic rings. The minimum Gasteiger partial charge on any atom is -0.444 e. The van der Waals surface area contributed by atoms with E-state index >= 15 is 0 Å². The van der Waals surface area contributed by atoms with Gasteiger partial charge in [0.05, 0.1) is 18.1 Å². The quantitative estimate of drug-likeness (QED) is 0.367. The molecular formula is C25H22ClN7O3. The summed E-state index contributed by atoms with van der Waals surface area (Å²) in [6.45, 7) is 0. The Kier molecular flexibility index (Phi) is 5.33. The van der Waals surface area contributed by atoms with Gasteiger partial charge in [-0.25, -0.2) is 19.9 Å². The Morgan fingerprint density at radius 3 is 2.44 bits per heavy atom. The highest BCUT2D eigenvalue weighted by atomic mass is 35.5. The molecule has 7 rings (SSSR count). The first-order valence-electron chi connectivity index (χ1n) is 11.4. The summed E-state index contributed by atoms with van der Waals surface area (Å²) in [6, 6.07) is 6.11. The van der Waals surface area contributed by atoms with Gasteiger partial charge in [-0.2, -0.15) is 0 Å². The molecule has 2 bridgehead atoms. The van der Waals surface area contributed by atoms with E-state index in [-0.39, 0.29) is 22.9 Å². The molecule has 3 fully saturated rings. The number of oxazole rings is 1. The van der Waals surface area contributed by atoms with E-state index in [0.29, 0.717) is 17.0 Å². The molecule has 4 aromatic rings. The van der Waals surface area contributed by atoms with E-state index in [1.54, 1.807) is 49.1 Å². The maximum absolute atomic E-state index is 13.8. The van der Waals surface area contributed by atoms with E-state index in [2.05, 4.69) is 29.8 Å². The molecular weight excluding hydrogens is 482 g/mol. The number of halogens is 1. The van der Waals surface area contributed by atoms with Crippen molar-refractivity contribution in [2.24, 2.45) is 0 Å². The molecule has 1 unspecified atom stereocenters. The van der Waals surface area contributed by atoms with Gasteiger partial charge in [0, 0.05) is 47.1 Å². The number of hydrogen-bond acceptors (Lipinski definition) is 7. The molecule has 0 saturated heterocycles. The highest BCUT2D eigenvalue weighted by Gasteiger charge is 2.69. The molecule has 3 saturated carbocycles. The first-order chi connectivity index (χ1) is 17.5. The van der Waals surface area contributed by atoms with Crippen LogP contribution in [0.2, 0.25) is 0 Å². The largest absolute Gasteiger partial charge is 0.444 e. The van der Waals surface area contributed by atoms with E-state index < -0.39 is 11.9 Å². The summed E-state index contributed by atoms with van der Waals surface area (Å²) in [6.07, 6.45) is 15.4. The van der Waals surface area contributed by atoms with Crippen LogP contribution in [-0.4, -0.2) is 47.7 Å². The van der Waals surface area contributed by atoms with Gasteiger partial charge < -0.3 is 14.3 Å². The Morgan fingerprint density at radius 1 is 1.08 bits per heavy atom. The lowest BCUT2D eigenvalue weighted by atomic mass is 9.44. The maximum Gasteiger partial charge on any atom is 0.248 e. The predicted octanol–water partition coefficient (Wildman–Crippen LogP) is 3.09. The second kappa shape index (κ2) is 8.56. The number of alkyl halides is 1. The zero-order valence-electron chi connectivity index (χ0n) is 19.1. The second-order valence-corrected chi connectivity index (χ2v) is 9.65. The highest BCUT2D eigenvalue weighted by Crippen LogP contribution is 2.65. The SMILES string of the molecule is O=C(NC12CC(n3ccnc3)(C1)C2)C(c1cncnc1)N(C(=O)CCl)c1ccc(-c2cnco2)cc1. The molecule has 0 spiro atoms. The number of amides is 2. The van der Waals surface area contributed by atoms with Gasteiger partial charge in [-0.1, -0.05) is 0 Å². The lowest BCUT2D eigenvalue weighted by molar-refractivity contribution is -0.157. The van der Waals surface area contributed by atoms with Gasteiger partial charge in [0.1, 0.15) is 18.2 Å². The van der Waals surface area contributed by atoms with Crippen molar-refractivity contribution in [3.63, 3.8) is 0 Å². The van der Waals surface area contributed by atoms with Gasteiger partial charge in [0.25, 0.3) is 0 Å². The van der Waals surface area contributed by atoms with Crippen LogP contribution in [0.3, 0.4) is 0 Å². The first-order valence-corrected chi connectivity index (χ1v) is 12.0. The zero-order chi connectivity index (χ0) is 24.8. The highest BCUT2D eigenvalue weighted by molar-refractivity contribution is 6.29. The molecule has 2 amide bonds. The fourth-order valence-corrected chi connectivity index (χ4v) is 5.65. The Bertz CT molecular complexity index is 1360. The molecule has 3 aliphatic carbocycles. The zero-order valence-corrected chi connectivity index (χ0v) is 19.9. The number of aromatic nitrogens is 5. The second-order valence-electron chi connectivity index (χ2n) is 9.38. The number of rotatable bonds is 8. The van der Waals surface area contributed by atoms with Crippen molar-refractivity contribution in [2.75, 3.05) is 10.8 Å². The summed E-state index contributed by atoms with van der Waals surface area (Å²) in [4.78, 5) is 44.6. The molecule has 1 aromatic carbocycles. The summed E-state index contributed by atoms with van der Waals surface area (Å²) in [5.41, 5.74) is 1.50. The van der Waals surface area contributed by atoms with Crippen LogP contribution in [0.15, 0.2) is 78.7 Å². The van der Waals surface area contributed by atoms with Crippen molar-refractivity contribution >= 4 is 29.1 Å². The fourth-order valence-electron chi connectivity index (χ4n) is 5.53. The summed E-state index contributed by atoms with van der Waals surface area (Å²) in [7, 11) is 0. The Balaban J connectivity index is 1.30. The van der Waals surface area contributed by atoms with E-state index in [9.17, 15) is 9.59 Å². The first kappa shape index (κ1) is 22.4. The third kappa shape index (κ3) is 3.65. The summed E-state index contributed by atoms with van der Waals surface area (Å²) in [5, 5.41) is 3.22. The lowest BCUT2D eigenvalue weighted by Crippen LogP contribution is -2.79. The van der Waals surface area contributed by atoms with Crippen molar-refractivity contribution in [2.45, 2.75) is 36.4 Å². The number of benzene rings is 1. The fraction of sp³-hybridized carbons (Fsp3) is 0.280. The Labute approximate surface area is 211 Å². The average molecular weight is 504 g/mol. The minimum atomic E-state index is -0.994. The predicted molar refractivity (Wildman–Crippen MR) is 130 cm³/mol. The molecule has 36 heavy (non-hydrogen) atoms. The third-order valence-electron chi connectivity index (χ3n) is 7.09. The monoisotopic (exact) mass is 503 g/mol. The van der Waals surface area contributed by atoms with E-state index in [1.165, 1.54) is 17.6 Å². The van der Waals surface area contributed by atoms with Crippen LogP contribution >= 0.6 is 11.6 Å². The number of nitrogens with zero attached hydrogens (tertiary/aromatic N) is 6. The van der Waals surface area contributed by atoms with Gasteiger partial charge in [0.2, 0.25) is 11.8 Å². The molecule has 3 aromatic heterocycles. The number of carbonyl (C=O) groups excluding carboxylic acids is 2. The van der Waals surface area contributed by atoms with Crippen LogP contribution in [0, 0.1) is 0 Å². The number of imidazole rings is 1. The number of nitrogens with one attached hydrogen (secondary N) is 1. The molecule has 3 heterocycles. The van der Waals surface area contributed by atoms with E-state index in [0.717, 1.165) is 24.8 Å². The van der Waals surface area contributed by atoms with Crippen LogP contribution in [0.1, 0.15) is 30.9 Å². The van der Waals surface area contributed by atoms with E-state index in [4.69, 9.17) is 16.0 Å². The van der Waals surface area contributed by atoms with Crippen molar-refractivity contribution in [1.29, 1.82) is 0 Å². The van der Waals surface area contributed by atoms with Crippen molar-refractivity contribution < 1.29 is 14.0 Å². The maximum atomic E-state index is 13.8. The number of anilines is 1. The summed E-state index contributed by atoms with van der Waals surface area (Å²) in [5.74, 6) is -0.420. The molecule has 182 valence electrons. The minimum absolute atomic E-state index is 0.0112. The van der Waals surface area contributed by atoms with Gasteiger partial charge in [-0.05, 0) is 43.5 Å². The van der Waals surface area contributed by atoms with Gasteiger partial charge in [-0.3, -0.25) is 14.5 Å². The average Bonchev–Trinajstić information content (AvgIpc) is 3.59. The normalized spacial score (nSPS) is 22.7. The van der Waals surface area contributed by atoms with Crippen molar-refractivity contribution in [1.82, 2.24) is 29.8 Å². The molecule has 0 radical (unpaired) electrons. The van der Waals surface area contributed by atoms with Crippen LogP contribution in [0.4, 0.5) is 5.69 Å².